The van der Waals surface area contributed by atoms with Crippen molar-refractivity contribution in [3.05, 3.63) is 65.9 Å². The van der Waals surface area contributed by atoms with Gasteiger partial charge in [-0.3, -0.25) is 0 Å². The lowest BCUT2D eigenvalue weighted by Gasteiger charge is -2.15. The van der Waals surface area contributed by atoms with Crippen molar-refractivity contribution in [1.82, 2.24) is 9.97 Å². The average Bonchev–Trinajstić information content (AvgIpc) is 3.35. The molecular formula is C20H18FN3O2S. The first-order chi connectivity index (χ1) is 13.2. The van der Waals surface area contributed by atoms with Crippen molar-refractivity contribution in [2.75, 3.05) is 18.5 Å². The Morgan fingerprint density at radius 3 is 2.78 bits per heavy atom. The van der Waals surface area contributed by atoms with Crippen LogP contribution in [0, 0.1) is 11.7 Å². The van der Waals surface area contributed by atoms with Crippen molar-refractivity contribution in [3.63, 3.8) is 0 Å². The fourth-order valence-electron chi connectivity index (χ4n) is 3.01. The molecule has 0 aliphatic carbocycles. The Hall–Kier alpha value is -2.77. The van der Waals surface area contributed by atoms with Gasteiger partial charge in [0, 0.05) is 36.4 Å². The van der Waals surface area contributed by atoms with Gasteiger partial charge in [0.2, 0.25) is 0 Å². The average molecular weight is 383 g/mol. The van der Waals surface area contributed by atoms with Crippen molar-refractivity contribution in [2.24, 2.45) is 5.92 Å². The molecule has 0 bridgehead atoms. The van der Waals surface area contributed by atoms with Crippen LogP contribution < -0.4 is 5.32 Å². The van der Waals surface area contributed by atoms with Gasteiger partial charge in [0.1, 0.15) is 28.6 Å². The van der Waals surface area contributed by atoms with E-state index in [9.17, 15) is 9.50 Å². The summed E-state index contributed by atoms with van der Waals surface area (Å²) < 4.78 is 18.6. The number of halogens is 1. The number of benzene rings is 1. The molecule has 27 heavy (non-hydrogen) atoms. The Morgan fingerprint density at radius 1 is 1.19 bits per heavy atom. The predicted octanol–water partition coefficient (Wildman–Crippen LogP) is 4.35. The van der Waals surface area contributed by atoms with E-state index in [2.05, 4.69) is 15.3 Å². The van der Waals surface area contributed by atoms with Crippen molar-refractivity contribution in [3.8, 4) is 11.1 Å². The van der Waals surface area contributed by atoms with E-state index < -0.39 is 0 Å². The smallest absolute Gasteiger partial charge is 0.138 e. The summed E-state index contributed by atoms with van der Waals surface area (Å²) in [6.07, 6.45) is 3.79. The summed E-state index contributed by atoms with van der Waals surface area (Å²) in [5, 5.41) is 15.9. The highest BCUT2D eigenvalue weighted by Gasteiger charge is 2.15. The third-order valence-corrected chi connectivity index (χ3v) is 5.30. The highest BCUT2D eigenvalue weighted by atomic mass is 32.1. The largest absolute Gasteiger partial charge is 0.469 e. The molecule has 4 aromatic rings. The maximum absolute atomic E-state index is 13.3. The van der Waals surface area contributed by atoms with Crippen molar-refractivity contribution in [1.29, 1.82) is 0 Å². The van der Waals surface area contributed by atoms with Crippen molar-refractivity contribution in [2.45, 2.75) is 6.42 Å². The lowest BCUT2D eigenvalue weighted by molar-refractivity contribution is 0.226. The minimum atomic E-state index is -0.267. The standard InChI is InChI=1S/C20H18FN3O2S/c21-15-5-3-14(4-6-15)17-11-27-20-18(17)19(23-12-24-20)22-9-13(10-25)8-16-2-1-7-26-16/h1-7,11-13,25H,8-10H2,(H,22,23,24)/t13-/m1/s1. The summed E-state index contributed by atoms with van der Waals surface area (Å²) in [4.78, 5) is 9.59. The monoisotopic (exact) mass is 383 g/mol. The summed E-state index contributed by atoms with van der Waals surface area (Å²) in [6.45, 7) is 0.582. The number of hydrogen-bond donors (Lipinski definition) is 2. The fraction of sp³-hybridized carbons (Fsp3) is 0.200. The van der Waals surface area contributed by atoms with Gasteiger partial charge in [-0.05, 0) is 29.8 Å². The number of nitrogens with zero attached hydrogens (tertiary/aromatic N) is 2. The van der Waals surface area contributed by atoms with Gasteiger partial charge >= 0.3 is 0 Å². The maximum Gasteiger partial charge on any atom is 0.138 e. The first-order valence-corrected chi connectivity index (χ1v) is 9.48. The number of hydrogen-bond acceptors (Lipinski definition) is 6. The quantitative estimate of drug-likeness (QED) is 0.496. The van der Waals surface area contributed by atoms with E-state index in [-0.39, 0.29) is 18.3 Å². The zero-order chi connectivity index (χ0) is 18.6. The van der Waals surface area contributed by atoms with Gasteiger partial charge in [0.05, 0.1) is 11.6 Å². The third-order valence-electron chi connectivity index (χ3n) is 4.41. The van der Waals surface area contributed by atoms with E-state index in [0.29, 0.717) is 18.8 Å². The number of fused-ring (bicyclic) bond motifs is 1. The molecule has 0 fully saturated rings. The number of thiophene rings is 1. The molecular weight excluding hydrogens is 365 g/mol. The molecule has 1 atom stereocenters. The molecule has 1 aromatic carbocycles. The molecule has 0 aliphatic rings. The molecule has 0 spiro atoms. The van der Waals surface area contributed by atoms with E-state index in [1.165, 1.54) is 29.8 Å². The van der Waals surface area contributed by atoms with E-state index in [0.717, 1.165) is 27.1 Å². The first kappa shape index (κ1) is 17.6. The lowest BCUT2D eigenvalue weighted by Crippen LogP contribution is -2.20. The second-order valence-electron chi connectivity index (χ2n) is 6.27. The molecule has 4 rings (SSSR count). The van der Waals surface area contributed by atoms with Gasteiger partial charge in [0.15, 0.2) is 0 Å². The number of aliphatic hydroxyl groups is 1. The van der Waals surface area contributed by atoms with Crippen LogP contribution in [-0.2, 0) is 6.42 Å². The first-order valence-electron chi connectivity index (χ1n) is 8.60. The number of rotatable bonds is 7. The molecule has 0 unspecified atom stereocenters. The maximum atomic E-state index is 13.3. The summed E-state index contributed by atoms with van der Waals surface area (Å²) in [6, 6.07) is 10.1. The number of aliphatic hydroxyl groups excluding tert-OH is 1. The topological polar surface area (TPSA) is 71.2 Å². The molecule has 0 saturated heterocycles. The van der Waals surface area contributed by atoms with Crippen LogP contribution >= 0.6 is 11.3 Å². The zero-order valence-electron chi connectivity index (χ0n) is 14.4. The van der Waals surface area contributed by atoms with E-state index in [1.807, 2.05) is 17.5 Å². The van der Waals surface area contributed by atoms with Crippen molar-refractivity contribution >= 4 is 27.4 Å². The molecule has 3 aromatic heterocycles. The van der Waals surface area contributed by atoms with E-state index in [4.69, 9.17) is 4.42 Å². The third kappa shape index (κ3) is 3.84. The zero-order valence-corrected chi connectivity index (χ0v) is 15.2. The highest BCUT2D eigenvalue weighted by Crippen LogP contribution is 2.36. The SMILES string of the molecule is OC[C@@H](CNc1ncnc2scc(-c3ccc(F)cc3)c12)Cc1ccco1. The predicted molar refractivity (Wildman–Crippen MR) is 104 cm³/mol. The number of anilines is 1. The molecule has 3 heterocycles. The number of furan rings is 1. The molecule has 2 N–H and O–H groups in total. The normalized spacial score (nSPS) is 12.4. The second kappa shape index (κ2) is 7.85. The summed E-state index contributed by atoms with van der Waals surface area (Å²) in [7, 11) is 0. The Kier molecular flexibility index (Phi) is 5.13. The van der Waals surface area contributed by atoms with Crippen LogP contribution in [0.15, 0.2) is 58.8 Å². The van der Waals surface area contributed by atoms with Crippen LogP contribution in [0.5, 0.6) is 0 Å². The van der Waals surface area contributed by atoms with Gasteiger partial charge in [-0.15, -0.1) is 11.3 Å². The van der Waals surface area contributed by atoms with Crippen LogP contribution in [0.3, 0.4) is 0 Å². The van der Waals surface area contributed by atoms with E-state index in [1.54, 1.807) is 18.4 Å². The molecule has 138 valence electrons. The van der Waals surface area contributed by atoms with Crippen molar-refractivity contribution < 1.29 is 13.9 Å². The molecule has 0 amide bonds. The molecule has 7 heteroatoms. The molecule has 0 radical (unpaired) electrons. The highest BCUT2D eigenvalue weighted by molar-refractivity contribution is 7.17. The Bertz CT molecular complexity index is 1020. The minimum absolute atomic E-state index is 0.00549. The second-order valence-corrected chi connectivity index (χ2v) is 7.13. The van der Waals surface area contributed by atoms with Crippen LogP contribution in [-0.4, -0.2) is 28.2 Å². The Labute approximate surface area is 159 Å². The lowest BCUT2D eigenvalue weighted by atomic mass is 10.0. The summed E-state index contributed by atoms with van der Waals surface area (Å²) in [5.41, 5.74) is 1.87. The molecule has 5 nitrogen and oxygen atoms in total. The van der Waals surface area contributed by atoms with Crippen LogP contribution in [0.25, 0.3) is 21.3 Å². The molecule has 0 aliphatic heterocycles. The fourth-order valence-corrected chi connectivity index (χ4v) is 3.92. The van der Waals surface area contributed by atoms with Gasteiger partial charge in [0.25, 0.3) is 0 Å². The van der Waals surface area contributed by atoms with Crippen LogP contribution in [0.2, 0.25) is 0 Å². The van der Waals surface area contributed by atoms with Gasteiger partial charge in [-0.25, -0.2) is 14.4 Å². The van der Waals surface area contributed by atoms with Crippen LogP contribution in [0.4, 0.5) is 10.2 Å². The summed E-state index contributed by atoms with van der Waals surface area (Å²) in [5.74, 6) is 1.27. The van der Waals surface area contributed by atoms with E-state index >= 15 is 0 Å². The molecule has 0 saturated carbocycles. The number of nitrogens with one attached hydrogen (secondary N) is 1. The Morgan fingerprint density at radius 2 is 2.04 bits per heavy atom. The Balaban J connectivity index is 1.59. The summed E-state index contributed by atoms with van der Waals surface area (Å²) >= 11 is 1.52. The van der Waals surface area contributed by atoms with Gasteiger partial charge in [-0.2, -0.15) is 0 Å². The van der Waals surface area contributed by atoms with Gasteiger partial charge < -0.3 is 14.8 Å². The minimum Gasteiger partial charge on any atom is -0.469 e. The van der Waals surface area contributed by atoms with Gasteiger partial charge in [-0.1, -0.05) is 12.1 Å². The van der Waals surface area contributed by atoms with Crippen LogP contribution in [0.1, 0.15) is 5.76 Å². The number of aromatic nitrogens is 2.